The molecule has 1 unspecified atom stereocenters. The van der Waals surface area contributed by atoms with Crippen molar-refractivity contribution in [2.75, 3.05) is 0 Å². The third kappa shape index (κ3) is 3.38. The first-order valence-corrected chi connectivity index (χ1v) is 8.59. The second-order valence-corrected chi connectivity index (χ2v) is 6.99. The summed E-state index contributed by atoms with van der Waals surface area (Å²) < 4.78 is 6.81. The van der Waals surface area contributed by atoms with Crippen molar-refractivity contribution >= 4 is 20.5 Å². The van der Waals surface area contributed by atoms with Crippen LogP contribution in [0.2, 0.25) is 0 Å². The first-order chi connectivity index (χ1) is 10.5. The Labute approximate surface area is 134 Å². The van der Waals surface area contributed by atoms with Crippen LogP contribution in [0.3, 0.4) is 0 Å². The van der Waals surface area contributed by atoms with Crippen LogP contribution in [0.25, 0.3) is 10.1 Å². The van der Waals surface area contributed by atoms with E-state index < -0.39 is 5.97 Å². The van der Waals surface area contributed by atoms with Crippen molar-refractivity contribution < 1.29 is 14.6 Å². The van der Waals surface area contributed by atoms with Gasteiger partial charge in [-0.2, -0.15) is 0 Å². The van der Waals surface area contributed by atoms with Gasteiger partial charge in [0.15, 0.2) is 0 Å². The number of carbonyl (C=O) groups is 1. The van der Waals surface area contributed by atoms with E-state index in [0.717, 1.165) is 16.6 Å². The zero-order valence-corrected chi connectivity index (χ0v) is 14.3. The van der Waals surface area contributed by atoms with Crippen molar-refractivity contribution in [2.45, 2.75) is 33.3 Å². The van der Waals surface area contributed by atoms with Crippen LogP contribution in [0, 0.1) is 18.3 Å². The molecule has 0 aliphatic rings. The Morgan fingerprint density at radius 1 is 1.55 bits per heavy atom. The third-order valence-corrected chi connectivity index (χ3v) is 5.75. The van der Waals surface area contributed by atoms with Crippen LogP contribution in [0.1, 0.15) is 40.8 Å². The molecule has 1 aromatic heterocycles. The molecule has 1 N–H and O–H groups in total. The molecule has 0 bridgehead atoms. The van der Waals surface area contributed by atoms with Crippen LogP contribution in [0.15, 0.2) is 18.2 Å². The maximum absolute atomic E-state index is 11.1. The van der Waals surface area contributed by atoms with Crippen LogP contribution in [-0.4, -0.2) is 36.7 Å². The second kappa shape index (κ2) is 6.78. The number of ether oxygens (including phenoxy) is 1. The number of aromatic carboxylic acids is 1. The molecule has 5 nitrogen and oxygen atoms in total. The molecule has 2 rings (SSSR count). The van der Waals surface area contributed by atoms with Crippen LogP contribution in [0.5, 0.6) is 5.75 Å². The minimum absolute atomic E-state index is 0.0357. The van der Waals surface area contributed by atoms with E-state index in [2.05, 4.69) is 11.1 Å². The summed E-state index contributed by atoms with van der Waals surface area (Å²) in [6.07, 6.45) is 0.890. The van der Waals surface area contributed by atoms with Crippen molar-refractivity contribution in [1.82, 2.24) is 4.98 Å². The number of aryl methyl sites for hydroxylation is 1. The van der Waals surface area contributed by atoms with Crippen molar-refractivity contribution in [3.63, 3.8) is 0 Å². The minimum atomic E-state index is -0.923. The number of benzene rings is 1. The van der Waals surface area contributed by atoms with Crippen LogP contribution < -0.4 is 4.74 Å². The summed E-state index contributed by atoms with van der Waals surface area (Å²) in [5.41, 5.74) is 1.77. The van der Waals surface area contributed by atoms with Crippen LogP contribution >= 0.6 is 0 Å². The van der Waals surface area contributed by atoms with E-state index in [9.17, 15) is 10.1 Å². The van der Waals surface area contributed by atoms with Gasteiger partial charge in [-0.3, -0.25) is 0 Å². The number of aromatic nitrogens is 1. The summed E-state index contributed by atoms with van der Waals surface area (Å²) in [6, 6.07) is 7.44. The molecule has 0 aliphatic carbocycles. The molecule has 0 aliphatic heterocycles. The molecule has 1 atom stereocenters. The number of carboxylic acids is 1. The molecule has 0 radical (unpaired) electrons. The number of nitrogens with zero attached hydrogens (tertiary/aromatic N) is 2. The van der Waals surface area contributed by atoms with Gasteiger partial charge in [0.25, 0.3) is 0 Å². The fourth-order valence-corrected chi connectivity index (χ4v) is 3.76. The van der Waals surface area contributed by atoms with E-state index >= 15 is 0 Å². The summed E-state index contributed by atoms with van der Waals surface area (Å²) in [5.74, 6) is -0.372. The van der Waals surface area contributed by atoms with Gasteiger partial charge in [-0.15, -0.1) is 0 Å². The summed E-state index contributed by atoms with van der Waals surface area (Å²) >= 11 is -0.346. The van der Waals surface area contributed by atoms with Gasteiger partial charge in [-0.25, -0.2) is 0 Å². The Kier molecular flexibility index (Phi) is 5.02. The van der Waals surface area contributed by atoms with Gasteiger partial charge in [-0.1, -0.05) is 0 Å². The maximum atomic E-state index is 11.1. The van der Waals surface area contributed by atoms with E-state index in [1.54, 1.807) is 19.1 Å². The number of nitriles is 1. The molecule has 6 heteroatoms. The zero-order chi connectivity index (χ0) is 16.3. The first kappa shape index (κ1) is 16.3. The van der Waals surface area contributed by atoms with E-state index in [-0.39, 0.29) is 20.6 Å². The van der Waals surface area contributed by atoms with Gasteiger partial charge in [0, 0.05) is 0 Å². The number of hydrogen-bond acceptors (Lipinski definition) is 4. The molecular weight excluding hydrogens is 347 g/mol. The van der Waals surface area contributed by atoms with E-state index in [4.69, 9.17) is 9.84 Å². The van der Waals surface area contributed by atoms with Crippen LogP contribution in [0.4, 0.5) is 0 Å². The second-order valence-electron chi connectivity index (χ2n) is 4.90. The summed E-state index contributed by atoms with van der Waals surface area (Å²) in [7, 11) is 0. The van der Waals surface area contributed by atoms with Gasteiger partial charge in [0.1, 0.15) is 0 Å². The Morgan fingerprint density at radius 3 is 2.82 bits per heavy atom. The molecule has 1 heterocycles. The van der Waals surface area contributed by atoms with Crippen molar-refractivity contribution in [3.05, 3.63) is 33.9 Å². The fourth-order valence-electron chi connectivity index (χ4n) is 1.87. The van der Waals surface area contributed by atoms with E-state index in [1.807, 2.05) is 19.9 Å². The first-order valence-electron chi connectivity index (χ1n) is 6.88. The van der Waals surface area contributed by atoms with Gasteiger partial charge in [-0.05, 0) is 0 Å². The summed E-state index contributed by atoms with van der Waals surface area (Å²) in [5, 5.41) is 18.4. The molecule has 0 saturated heterocycles. The molecule has 22 heavy (non-hydrogen) atoms. The Bertz CT molecular complexity index is 746. The van der Waals surface area contributed by atoms with Crippen molar-refractivity contribution in [3.8, 4) is 22.0 Å². The molecule has 1 aromatic carbocycles. The number of hydrogen-bond donors (Lipinski definition) is 1. The summed E-state index contributed by atoms with van der Waals surface area (Å²) in [4.78, 5) is 15.5. The topological polar surface area (TPSA) is 83.2 Å². The normalized spacial score (nSPS) is 11.7. The molecule has 0 saturated carbocycles. The molecule has 114 valence electrons. The molecular formula is C16H16N2O3Se. The number of carboxylic acid groups (broad SMARTS) is 1. The Morgan fingerprint density at radius 2 is 2.27 bits per heavy atom. The monoisotopic (exact) mass is 364 g/mol. The number of rotatable bonds is 5. The fraction of sp³-hybridized carbons (Fsp3) is 0.312. The average molecular weight is 363 g/mol. The summed E-state index contributed by atoms with van der Waals surface area (Å²) in [6.45, 7) is 5.66. The van der Waals surface area contributed by atoms with Crippen molar-refractivity contribution in [2.24, 2.45) is 0 Å². The quantitative estimate of drug-likeness (QED) is 0.826. The predicted molar refractivity (Wildman–Crippen MR) is 83.4 cm³/mol. The van der Waals surface area contributed by atoms with Gasteiger partial charge < -0.3 is 0 Å². The standard InChI is InChI=1S/C16H16N2O3Se/c1-4-9(2)21-13-6-5-11(7-12(13)8-17)15-18-10(3)14(22-15)16(19)20/h5-7,9H,4H2,1-3H3,(H,19,20). The van der Waals surface area contributed by atoms with E-state index in [0.29, 0.717) is 21.4 Å². The zero-order valence-electron chi connectivity index (χ0n) is 12.6. The molecule has 2 aromatic rings. The van der Waals surface area contributed by atoms with Gasteiger partial charge in [0.05, 0.1) is 0 Å². The Hall–Kier alpha value is -2.09. The molecule has 0 spiro atoms. The molecule has 0 fully saturated rings. The Balaban J connectivity index is 2.40. The van der Waals surface area contributed by atoms with Gasteiger partial charge >= 0.3 is 134 Å². The molecule has 0 amide bonds. The predicted octanol–water partition coefficient (Wildman–Crippen LogP) is 2.86. The van der Waals surface area contributed by atoms with Crippen molar-refractivity contribution in [1.29, 1.82) is 5.26 Å². The van der Waals surface area contributed by atoms with E-state index in [1.165, 1.54) is 0 Å². The van der Waals surface area contributed by atoms with Crippen LogP contribution in [-0.2, 0) is 0 Å². The SMILES string of the molecule is CCC(C)Oc1ccc(-c2nc(C)c(C(=O)O)[se]2)cc1C#N. The van der Waals surface area contributed by atoms with Gasteiger partial charge in [0.2, 0.25) is 0 Å². The average Bonchev–Trinajstić information content (AvgIpc) is 2.89. The third-order valence-electron chi connectivity index (χ3n) is 3.24.